The van der Waals surface area contributed by atoms with Gasteiger partial charge >= 0.3 is 0 Å². The molecule has 0 bridgehead atoms. The van der Waals surface area contributed by atoms with Crippen LogP contribution in [0.1, 0.15) is 6.92 Å². The fourth-order valence-corrected chi connectivity index (χ4v) is 1.90. The van der Waals surface area contributed by atoms with Crippen LogP contribution in [0.5, 0.6) is 0 Å². The number of amides is 1. The van der Waals surface area contributed by atoms with Gasteiger partial charge in [0.15, 0.2) is 0 Å². The molecule has 8 heteroatoms. The monoisotopic (exact) mass is 307 g/mol. The number of nitrogens with zero attached hydrogens (tertiary/aromatic N) is 4. The molecular weight excluding hydrogens is 289 g/mol. The lowest BCUT2D eigenvalue weighted by molar-refractivity contribution is -0.132. The highest BCUT2D eigenvalue weighted by molar-refractivity contribution is 5.85. The Morgan fingerprint density at radius 3 is 2.37 bits per heavy atom. The second kappa shape index (κ2) is 8.14. The van der Waals surface area contributed by atoms with Gasteiger partial charge in [-0.1, -0.05) is 0 Å². The number of piperazine rings is 1. The van der Waals surface area contributed by atoms with Crippen LogP contribution in [0.25, 0.3) is 0 Å². The maximum Gasteiger partial charge on any atom is 0.239 e. The molecule has 19 heavy (non-hydrogen) atoms. The highest BCUT2D eigenvalue weighted by Gasteiger charge is 2.23. The first-order valence-corrected chi connectivity index (χ1v) is 5.74. The van der Waals surface area contributed by atoms with Gasteiger partial charge in [-0.3, -0.25) is 9.78 Å². The van der Waals surface area contributed by atoms with E-state index in [1.807, 2.05) is 0 Å². The van der Waals surface area contributed by atoms with Gasteiger partial charge in [-0.15, -0.1) is 24.8 Å². The van der Waals surface area contributed by atoms with E-state index in [0.29, 0.717) is 13.1 Å². The first-order valence-electron chi connectivity index (χ1n) is 5.74. The lowest BCUT2D eigenvalue weighted by atomic mass is 10.2. The number of hydrogen-bond donors (Lipinski definition) is 1. The van der Waals surface area contributed by atoms with E-state index in [1.54, 1.807) is 30.4 Å². The molecule has 0 saturated carbocycles. The molecule has 1 fully saturated rings. The molecule has 0 aliphatic carbocycles. The van der Waals surface area contributed by atoms with Gasteiger partial charge in [0.2, 0.25) is 5.91 Å². The van der Waals surface area contributed by atoms with Crippen LogP contribution in [0.15, 0.2) is 18.6 Å². The molecule has 2 N–H and O–H groups in total. The minimum atomic E-state index is -0.418. The van der Waals surface area contributed by atoms with Crippen molar-refractivity contribution >= 4 is 36.5 Å². The van der Waals surface area contributed by atoms with E-state index < -0.39 is 6.04 Å². The molecule has 2 heterocycles. The van der Waals surface area contributed by atoms with Crippen molar-refractivity contribution in [1.82, 2.24) is 14.9 Å². The molecule has 1 aliphatic heterocycles. The summed E-state index contributed by atoms with van der Waals surface area (Å²) in [6.45, 7) is 4.65. The summed E-state index contributed by atoms with van der Waals surface area (Å²) in [5.41, 5.74) is 5.59. The standard InChI is InChI=1S/C11H17N5O.2ClH/c1-9(12)11(17)16-6-4-15(5-7-16)10-8-13-2-3-14-10;;/h2-3,8-9H,4-7,12H2,1H3;2*1H. The number of nitrogens with two attached hydrogens (primary N) is 1. The highest BCUT2D eigenvalue weighted by Crippen LogP contribution is 2.11. The lowest BCUT2D eigenvalue weighted by Gasteiger charge is -2.35. The summed E-state index contributed by atoms with van der Waals surface area (Å²) in [5.74, 6) is 0.879. The Hall–Kier alpha value is -1.11. The zero-order valence-electron chi connectivity index (χ0n) is 10.7. The van der Waals surface area contributed by atoms with Gasteiger partial charge in [0.1, 0.15) is 5.82 Å². The van der Waals surface area contributed by atoms with Gasteiger partial charge in [0, 0.05) is 38.6 Å². The van der Waals surface area contributed by atoms with Gasteiger partial charge in [0.25, 0.3) is 0 Å². The third-order valence-electron chi connectivity index (χ3n) is 2.85. The van der Waals surface area contributed by atoms with Crippen LogP contribution >= 0.6 is 24.8 Å². The van der Waals surface area contributed by atoms with Crippen molar-refractivity contribution in [3.63, 3.8) is 0 Å². The normalized spacial score (nSPS) is 16.1. The maximum absolute atomic E-state index is 11.7. The summed E-state index contributed by atoms with van der Waals surface area (Å²) in [6.07, 6.45) is 5.07. The van der Waals surface area contributed by atoms with E-state index in [4.69, 9.17) is 5.73 Å². The Labute approximate surface area is 125 Å². The van der Waals surface area contributed by atoms with Crippen molar-refractivity contribution < 1.29 is 4.79 Å². The quantitative estimate of drug-likeness (QED) is 0.851. The van der Waals surface area contributed by atoms with Gasteiger partial charge in [0.05, 0.1) is 12.2 Å². The fraction of sp³-hybridized carbons (Fsp3) is 0.545. The maximum atomic E-state index is 11.7. The molecule has 0 radical (unpaired) electrons. The molecule has 1 saturated heterocycles. The topological polar surface area (TPSA) is 75.4 Å². The number of anilines is 1. The first kappa shape index (κ1) is 17.9. The van der Waals surface area contributed by atoms with Gasteiger partial charge in [-0.2, -0.15) is 0 Å². The number of hydrogen-bond acceptors (Lipinski definition) is 5. The summed E-state index contributed by atoms with van der Waals surface area (Å²) in [7, 11) is 0. The van der Waals surface area contributed by atoms with E-state index in [0.717, 1.165) is 18.9 Å². The summed E-state index contributed by atoms with van der Waals surface area (Å²) >= 11 is 0. The SMILES string of the molecule is CC(N)C(=O)N1CCN(c2cnccn2)CC1.Cl.Cl. The highest BCUT2D eigenvalue weighted by atomic mass is 35.5. The Balaban J connectivity index is 0.00000162. The fourth-order valence-electron chi connectivity index (χ4n) is 1.90. The van der Waals surface area contributed by atoms with Crippen LogP contribution in [-0.4, -0.2) is 53.0 Å². The number of halogens is 2. The molecule has 108 valence electrons. The number of carbonyl (C=O) groups excluding carboxylic acids is 1. The zero-order valence-corrected chi connectivity index (χ0v) is 12.4. The molecule has 2 rings (SSSR count). The Kier molecular flexibility index (Phi) is 7.66. The van der Waals surface area contributed by atoms with E-state index >= 15 is 0 Å². The van der Waals surface area contributed by atoms with Crippen LogP contribution in [0, 0.1) is 0 Å². The first-order chi connectivity index (χ1) is 8.18. The largest absolute Gasteiger partial charge is 0.352 e. The second-order valence-electron chi connectivity index (χ2n) is 4.16. The lowest BCUT2D eigenvalue weighted by Crippen LogP contribution is -2.52. The van der Waals surface area contributed by atoms with E-state index in [-0.39, 0.29) is 30.7 Å². The predicted molar refractivity (Wildman–Crippen MR) is 79.0 cm³/mol. The predicted octanol–water partition coefficient (Wildman–Crippen LogP) is 0.316. The van der Waals surface area contributed by atoms with Gasteiger partial charge in [-0.25, -0.2) is 4.98 Å². The molecule has 1 unspecified atom stereocenters. The average molecular weight is 308 g/mol. The summed E-state index contributed by atoms with van der Waals surface area (Å²) in [6, 6.07) is -0.418. The minimum absolute atomic E-state index is 0. The zero-order chi connectivity index (χ0) is 12.3. The van der Waals surface area contributed by atoms with E-state index in [9.17, 15) is 4.79 Å². The summed E-state index contributed by atoms with van der Waals surface area (Å²) in [4.78, 5) is 23.9. The van der Waals surface area contributed by atoms with Crippen LogP contribution in [0.4, 0.5) is 5.82 Å². The van der Waals surface area contributed by atoms with Crippen molar-refractivity contribution in [2.75, 3.05) is 31.1 Å². The molecule has 1 amide bonds. The number of aromatic nitrogens is 2. The van der Waals surface area contributed by atoms with Crippen molar-refractivity contribution in [1.29, 1.82) is 0 Å². The number of carbonyl (C=O) groups is 1. The van der Waals surface area contributed by atoms with Gasteiger partial charge < -0.3 is 15.5 Å². The van der Waals surface area contributed by atoms with Crippen molar-refractivity contribution in [3.05, 3.63) is 18.6 Å². The van der Waals surface area contributed by atoms with Crippen LogP contribution in [0.2, 0.25) is 0 Å². The number of rotatable bonds is 2. The van der Waals surface area contributed by atoms with Crippen LogP contribution < -0.4 is 10.6 Å². The third kappa shape index (κ3) is 4.49. The summed E-state index contributed by atoms with van der Waals surface area (Å²) in [5, 5.41) is 0. The Morgan fingerprint density at radius 1 is 1.26 bits per heavy atom. The molecule has 1 atom stereocenters. The molecule has 0 spiro atoms. The minimum Gasteiger partial charge on any atom is -0.352 e. The van der Waals surface area contributed by atoms with E-state index in [2.05, 4.69) is 14.9 Å². The smallest absolute Gasteiger partial charge is 0.239 e. The van der Waals surface area contributed by atoms with Crippen LogP contribution in [0.3, 0.4) is 0 Å². The second-order valence-corrected chi connectivity index (χ2v) is 4.16. The Morgan fingerprint density at radius 2 is 1.89 bits per heavy atom. The average Bonchev–Trinajstić information content (AvgIpc) is 2.39. The molecule has 6 nitrogen and oxygen atoms in total. The van der Waals surface area contributed by atoms with Crippen molar-refractivity contribution in [2.24, 2.45) is 5.73 Å². The molecular formula is C11H19Cl2N5O. The van der Waals surface area contributed by atoms with Gasteiger partial charge in [-0.05, 0) is 6.92 Å². The summed E-state index contributed by atoms with van der Waals surface area (Å²) < 4.78 is 0. The third-order valence-corrected chi connectivity index (χ3v) is 2.85. The molecule has 1 aromatic rings. The molecule has 0 aromatic carbocycles. The van der Waals surface area contributed by atoms with Crippen LogP contribution in [-0.2, 0) is 4.79 Å². The Bertz CT molecular complexity index is 382. The van der Waals surface area contributed by atoms with Crippen molar-refractivity contribution in [3.8, 4) is 0 Å². The molecule has 1 aliphatic rings. The van der Waals surface area contributed by atoms with E-state index in [1.165, 1.54) is 0 Å². The van der Waals surface area contributed by atoms with Crippen molar-refractivity contribution in [2.45, 2.75) is 13.0 Å². The molecule has 1 aromatic heterocycles.